The number of aromatic carboxylic acids is 1. The maximum atomic E-state index is 12.9. The predicted octanol–water partition coefficient (Wildman–Crippen LogP) is 3.61. The van der Waals surface area contributed by atoms with Gasteiger partial charge in [0.15, 0.2) is 0 Å². The standard InChI is InChI=1S/C19H14ClFO4/c20-14-3-7-17(24-11-12-1-4-15(21)5-2-12)13(9-14)10-16-6-8-18(25-16)19(22)23/h1-9H,10-11H2,(H,22,23)/p-1. The Hall–Kier alpha value is -2.79. The lowest BCUT2D eigenvalue weighted by molar-refractivity contribution is -0.257. The molecule has 4 nitrogen and oxygen atoms in total. The van der Waals surface area contributed by atoms with E-state index in [2.05, 4.69) is 0 Å². The van der Waals surface area contributed by atoms with E-state index in [1.807, 2.05) is 0 Å². The summed E-state index contributed by atoms with van der Waals surface area (Å²) in [6.07, 6.45) is 0.312. The summed E-state index contributed by atoms with van der Waals surface area (Å²) in [6, 6.07) is 14.1. The van der Waals surface area contributed by atoms with Crippen LogP contribution in [0.2, 0.25) is 5.02 Å². The molecular weight excluding hydrogens is 347 g/mol. The van der Waals surface area contributed by atoms with Crippen molar-refractivity contribution in [2.24, 2.45) is 0 Å². The van der Waals surface area contributed by atoms with Gasteiger partial charge in [-0.1, -0.05) is 23.7 Å². The summed E-state index contributed by atoms with van der Waals surface area (Å²) in [5.74, 6) is -0.873. The second-order valence-electron chi connectivity index (χ2n) is 5.40. The van der Waals surface area contributed by atoms with Crippen molar-refractivity contribution in [3.8, 4) is 5.75 Å². The first kappa shape index (κ1) is 17.0. The normalized spacial score (nSPS) is 10.6. The zero-order chi connectivity index (χ0) is 17.8. The van der Waals surface area contributed by atoms with E-state index in [0.717, 1.165) is 11.1 Å². The molecule has 2 aromatic carbocycles. The molecule has 0 N–H and O–H groups in total. The van der Waals surface area contributed by atoms with Gasteiger partial charge in [-0.3, -0.25) is 0 Å². The molecule has 0 aliphatic heterocycles. The SMILES string of the molecule is O=C([O-])c1ccc(Cc2cc(Cl)ccc2OCc2ccc(F)cc2)o1. The van der Waals surface area contributed by atoms with Crippen LogP contribution in [-0.2, 0) is 13.0 Å². The zero-order valence-electron chi connectivity index (χ0n) is 13.0. The van der Waals surface area contributed by atoms with Crippen molar-refractivity contribution < 1.29 is 23.4 Å². The molecule has 0 aliphatic rings. The average Bonchev–Trinajstić information content (AvgIpc) is 3.04. The van der Waals surface area contributed by atoms with Crippen LogP contribution in [0.1, 0.15) is 27.4 Å². The zero-order valence-corrected chi connectivity index (χ0v) is 13.8. The number of ether oxygens (including phenoxy) is 1. The molecule has 0 radical (unpaired) electrons. The molecule has 0 bridgehead atoms. The van der Waals surface area contributed by atoms with Crippen LogP contribution in [-0.4, -0.2) is 5.97 Å². The molecule has 25 heavy (non-hydrogen) atoms. The molecule has 6 heteroatoms. The van der Waals surface area contributed by atoms with Crippen molar-refractivity contribution in [2.75, 3.05) is 0 Å². The molecule has 128 valence electrons. The maximum Gasteiger partial charge on any atom is 0.149 e. The van der Waals surface area contributed by atoms with E-state index in [1.54, 1.807) is 36.4 Å². The number of rotatable bonds is 6. The first-order valence-corrected chi connectivity index (χ1v) is 7.85. The molecule has 0 atom stereocenters. The van der Waals surface area contributed by atoms with Crippen LogP contribution in [0.4, 0.5) is 4.39 Å². The summed E-state index contributed by atoms with van der Waals surface area (Å²) < 4.78 is 24.0. The van der Waals surface area contributed by atoms with E-state index < -0.39 is 5.97 Å². The second-order valence-corrected chi connectivity index (χ2v) is 5.83. The van der Waals surface area contributed by atoms with Gasteiger partial charge >= 0.3 is 0 Å². The highest BCUT2D eigenvalue weighted by Crippen LogP contribution is 2.27. The fourth-order valence-corrected chi connectivity index (χ4v) is 2.53. The van der Waals surface area contributed by atoms with Crippen LogP contribution < -0.4 is 9.84 Å². The van der Waals surface area contributed by atoms with E-state index in [-0.39, 0.29) is 18.2 Å². The maximum absolute atomic E-state index is 12.9. The molecule has 1 aromatic heterocycles. The fourth-order valence-electron chi connectivity index (χ4n) is 2.34. The third-order valence-corrected chi connectivity index (χ3v) is 3.79. The molecule has 3 aromatic rings. The van der Waals surface area contributed by atoms with E-state index in [9.17, 15) is 14.3 Å². The molecule has 0 aliphatic carbocycles. The molecule has 0 saturated heterocycles. The first-order valence-electron chi connectivity index (χ1n) is 7.47. The molecular formula is C19H13ClFO4-. The van der Waals surface area contributed by atoms with Crippen LogP contribution in [0.25, 0.3) is 0 Å². The second kappa shape index (κ2) is 7.40. The van der Waals surface area contributed by atoms with Gasteiger partial charge in [0, 0.05) is 17.0 Å². The van der Waals surface area contributed by atoms with E-state index >= 15 is 0 Å². The van der Waals surface area contributed by atoms with Crippen molar-refractivity contribution in [1.29, 1.82) is 0 Å². The Balaban J connectivity index is 1.77. The van der Waals surface area contributed by atoms with Gasteiger partial charge in [0.1, 0.15) is 35.7 Å². The molecule has 1 heterocycles. The topological polar surface area (TPSA) is 62.5 Å². The van der Waals surface area contributed by atoms with E-state index in [4.69, 9.17) is 20.8 Å². The van der Waals surface area contributed by atoms with Gasteiger partial charge in [-0.05, 0) is 48.0 Å². The third-order valence-electron chi connectivity index (χ3n) is 3.56. The highest BCUT2D eigenvalue weighted by atomic mass is 35.5. The molecule has 0 amide bonds. The molecule has 0 fully saturated rings. The number of carbonyl (C=O) groups excluding carboxylic acids is 1. The lowest BCUT2D eigenvalue weighted by Crippen LogP contribution is -2.21. The minimum Gasteiger partial charge on any atom is -0.542 e. The molecule has 0 saturated carbocycles. The van der Waals surface area contributed by atoms with Gasteiger partial charge in [0.25, 0.3) is 0 Å². The number of furan rings is 1. The Morgan fingerprint density at radius 2 is 1.88 bits per heavy atom. The highest BCUT2D eigenvalue weighted by molar-refractivity contribution is 6.30. The molecule has 0 spiro atoms. The predicted molar refractivity (Wildman–Crippen MR) is 88.0 cm³/mol. The van der Waals surface area contributed by atoms with Gasteiger partial charge in [-0.2, -0.15) is 0 Å². The smallest absolute Gasteiger partial charge is 0.149 e. The van der Waals surface area contributed by atoms with Crippen LogP contribution in [0, 0.1) is 5.82 Å². The van der Waals surface area contributed by atoms with Crippen molar-refractivity contribution in [1.82, 2.24) is 0 Å². The van der Waals surface area contributed by atoms with Gasteiger partial charge in [-0.25, -0.2) is 4.39 Å². The number of carbonyl (C=O) groups is 1. The van der Waals surface area contributed by atoms with Crippen molar-refractivity contribution in [2.45, 2.75) is 13.0 Å². The highest BCUT2D eigenvalue weighted by Gasteiger charge is 2.10. The lowest BCUT2D eigenvalue weighted by Gasteiger charge is -2.11. The van der Waals surface area contributed by atoms with Crippen LogP contribution in [0.5, 0.6) is 5.75 Å². The average molecular weight is 360 g/mol. The number of hydrogen-bond donors (Lipinski definition) is 0. The summed E-state index contributed by atoms with van der Waals surface area (Å²) in [5, 5.41) is 11.3. The minimum absolute atomic E-state index is 0.231. The molecule has 0 unspecified atom stereocenters. The number of carboxylic acid groups (broad SMARTS) is 1. The Labute approximate surface area is 148 Å². The van der Waals surface area contributed by atoms with E-state index in [0.29, 0.717) is 23.0 Å². The van der Waals surface area contributed by atoms with Crippen LogP contribution in [0.15, 0.2) is 59.0 Å². The van der Waals surface area contributed by atoms with Gasteiger partial charge in [0.05, 0.1) is 0 Å². The number of benzene rings is 2. The summed E-state index contributed by atoms with van der Waals surface area (Å²) in [5.41, 5.74) is 1.56. The van der Waals surface area contributed by atoms with Gasteiger partial charge in [0.2, 0.25) is 0 Å². The Morgan fingerprint density at radius 1 is 1.12 bits per heavy atom. The molecule has 3 rings (SSSR count). The summed E-state index contributed by atoms with van der Waals surface area (Å²) in [4.78, 5) is 10.8. The third kappa shape index (κ3) is 4.39. The van der Waals surface area contributed by atoms with Crippen LogP contribution >= 0.6 is 11.6 Å². The Kier molecular flexibility index (Phi) is 5.05. The Morgan fingerprint density at radius 3 is 2.56 bits per heavy atom. The number of carboxylic acids is 1. The van der Waals surface area contributed by atoms with Gasteiger partial charge < -0.3 is 19.1 Å². The fraction of sp³-hybridized carbons (Fsp3) is 0.105. The monoisotopic (exact) mass is 359 g/mol. The number of hydrogen-bond acceptors (Lipinski definition) is 4. The summed E-state index contributed by atoms with van der Waals surface area (Å²) in [6.45, 7) is 0.261. The first-order chi connectivity index (χ1) is 12.0. The van der Waals surface area contributed by atoms with Gasteiger partial charge in [-0.15, -0.1) is 0 Å². The summed E-state index contributed by atoms with van der Waals surface area (Å²) >= 11 is 6.04. The van der Waals surface area contributed by atoms with Crippen LogP contribution in [0.3, 0.4) is 0 Å². The quantitative estimate of drug-likeness (QED) is 0.674. The van der Waals surface area contributed by atoms with Crippen molar-refractivity contribution >= 4 is 17.6 Å². The summed E-state index contributed by atoms with van der Waals surface area (Å²) in [7, 11) is 0. The van der Waals surface area contributed by atoms with Crippen molar-refractivity contribution in [3.05, 3.63) is 88.1 Å². The minimum atomic E-state index is -1.37. The largest absolute Gasteiger partial charge is 0.542 e. The Bertz CT molecular complexity index is 887. The number of halogens is 2. The van der Waals surface area contributed by atoms with E-state index in [1.165, 1.54) is 18.2 Å². The van der Waals surface area contributed by atoms with Crippen molar-refractivity contribution in [3.63, 3.8) is 0 Å². The lowest BCUT2D eigenvalue weighted by atomic mass is 10.1.